The van der Waals surface area contributed by atoms with Crippen molar-refractivity contribution in [3.05, 3.63) is 35.4 Å². The number of aryl methyl sites for hydroxylation is 1. The van der Waals surface area contributed by atoms with E-state index in [0.717, 1.165) is 12.8 Å². The Kier molecular flexibility index (Phi) is 3.95. The lowest BCUT2D eigenvalue weighted by Gasteiger charge is -2.27. The number of nitrogens with zero attached hydrogens (tertiary/aromatic N) is 1. The van der Waals surface area contributed by atoms with Crippen LogP contribution in [0.3, 0.4) is 0 Å². The zero-order valence-electron chi connectivity index (χ0n) is 12.1. The number of rotatable bonds is 5. The quantitative estimate of drug-likeness (QED) is 0.884. The van der Waals surface area contributed by atoms with Gasteiger partial charge in [-0.1, -0.05) is 29.8 Å². The molecule has 0 atom stereocenters. The minimum absolute atomic E-state index is 0.176. The van der Waals surface area contributed by atoms with E-state index in [1.807, 2.05) is 18.7 Å². The summed E-state index contributed by atoms with van der Waals surface area (Å²) >= 11 is 0. The highest BCUT2D eigenvalue weighted by Gasteiger charge is 2.33. The molecule has 0 aromatic heterocycles. The molecule has 0 unspecified atom stereocenters. The molecule has 19 heavy (non-hydrogen) atoms. The maximum Gasteiger partial charge on any atom is 0.224 e. The molecular weight excluding hydrogens is 236 g/mol. The first-order chi connectivity index (χ1) is 8.85. The van der Waals surface area contributed by atoms with Gasteiger partial charge < -0.3 is 10.6 Å². The molecule has 2 rings (SSSR count). The van der Waals surface area contributed by atoms with Crippen LogP contribution in [0.1, 0.15) is 44.2 Å². The van der Waals surface area contributed by atoms with Gasteiger partial charge in [0, 0.05) is 24.5 Å². The van der Waals surface area contributed by atoms with Crippen molar-refractivity contribution < 1.29 is 4.79 Å². The second kappa shape index (κ2) is 5.33. The number of amides is 1. The monoisotopic (exact) mass is 260 g/mol. The average Bonchev–Trinajstić information content (AvgIpc) is 3.09. The highest BCUT2D eigenvalue weighted by Crippen LogP contribution is 2.29. The lowest BCUT2D eigenvalue weighted by atomic mass is 10.0. The molecule has 0 aliphatic heterocycles. The standard InChI is InChI=1S/C16H24N2O/c1-12-4-6-13(7-5-12)11-18(14-8-9-14)15(19)10-16(2,3)17/h4-7,14H,8-11,17H2,1-3H3. The van der Waals surface area contributed by atoms with Crippen LogP contribution >= 0.6 is 0 Å². The summed E-state index contributed by atoms with van der Waals surface area (Å²) in [5.41, 5.74) is 7.97. The number of benzene rings is 1. The Morgan fingerprint density at radius 1 is 1.32 bits per heavy atom. The molecule has 2 N–H and O–H groups in total. The van der Waals surface area contributed by atoms with Crippen molar-refractivity contribution >= 4 is 5.91 Å². The first-order valence-corrected chi connectivity index (χ1v) is 6.99. The number of carbonyl (C=O) groups is 1. The van der Waals surface area contributed by atoms with E-state index in [2.05, 4.69) is 31.2 Å². The van der Waals surface area contributed by atoms with Crippen molar-refractivity contribution in [2.45, 2.75) is 58.2 Å². The van der Waals surface area contributed by atoms with E-state index in [9.17, 15) is 4.79 Å². The van der Waals surface area contributed by atoms with Crippen molar-refractivity contribution in [1.82, 2.24) is 4.90 Å². The SMILES string of the molecule is Cc1ccc(CN(C(=O)CC(C)(C)N)C2CC2)cc1. The van der Waals surface area contributed by atoms with Gasteiger partial charge in [-0.3, -0.25) is 4.79 Å². The van der Waals surface area contributed by atoms with Crippen molar-refractivity contribution in [3.63, 3.8) is 0 Å². The molecule has 3 heteroatoms. The fraction of sp³-hybridized carbons (Fsp3) is 0.562. The molecule has 1 aliphatic rings. The molecule has 1 fully saturated rings. The third-order valence-corrected chi connectivity index (χ3v) is 3.39. The van der Waals surface area contributed by atoms with Gasteiger partial charge in [0.25, 0.3) is 0 Å². The van der Waals surface area contributed by atoms with Crippen LogP contribution in [0.25, 0.3) is 0 Å². The number of carbonyl (C=O) groups excluding carboxylic acids is 1. The van der Waals surface area contributed by atoms with Crippen LogP contribution in [0, 0.1) is 6.92 Å². The number of hydrogen-bond donors (Lipinski definition) is 1. The zero-order chi connectivity index (χ0) is 14.0. The smallest absolute Gasteiger partial charge is 0.224 e. The molecule has 1 aromatic rings. The minimum Gasteiger partial charge on any atom is -0.335 e. The van der Waals surface area contributed by atoms with Crippen LogP contribution in [0.5, 0.6) is 0 Å². The Hall–Kier alpha value is -1.35. The largest absolute Gasteiger partial charge is 0.335 e. The highest BCUT2D eigenvalue weighted by molar-refractivity contribution is 5.78. The van der Waals surface area contributed by atoms with Crippen LogP contribution in [0.15, 0.2) is 24.3 Å². The summed E-state index contributed by atoms with van der Waals surface area (Å²) in [6, 6.07) is 8.82. The summed E-state index contributed by atoms with van der Waals surface area (Å²) in [5, 5.41) is 0. The van der Waals surface area contributed by atoms with E-state index >= 15 is 0 Å². The van der Waals surface area contributed by atoms with Gasteiger partial charge in [-0.15, -0.1) is 0 Å². The fourth-order valence-corrected chi connectivity index (χ4v) is 2.19. The second-order valence-corrected chi connectivity index (χ2v) is 6.40. The van der Waals surface area contributed by atoms with Gasteiger partial charge in [0.2, 0.25) is 5.91 Å². The summed E-state index contributed by atoms with van der Waals surface area (Å²) in [5.74, 6) is 0.176. The lowest BCUT2D eigenvalue weighted by molar-refractivity contribution is -0.133. The van der Waals surface area contributed by atoms with E-state index in [-0.39, 0.29) is 5.91 Å². The summed E-state index contributed by atoms with van der Waals surface area (Å²) in [6.07, 6.45) is 2.67. The minimum atomic E-state index is -0.433. The van der Waals surface area contributed by atoms with E-state index in [0.29, 0.717) is 19.0 Å². The number of hydrogen-bond acceptors (Lipinski definition) is 2. The third-order valence-electron chi connectivity index (χ3n) is 3.39. The molecule has 1 amide bonds. The average molecular weight is 260 g/mol. The topological polar surface area (TPSA) is 46.3 Å². The van der Waals surface area contributed by atoms with Crippen LogP contribution in [0.2, 0.25) is 0 Å². The van der Waals surface area contributed by atoms with Gasteiger partial charge in [-0.25, -0.2) is 0 Å². The van der Waals surface area contributed by atoms with Gasteiger partial charge >= 0.3 is 0 Å². The van der Waals surface area contributed by atoms with Crippen LogP contribution < -0.4 is 5.73 Å². The van der Waals surface area contributed by atoms with Gasteiger partial charge in [-0.2, -0.15) is 0 Å². The molecule has 1 aliphatic carbocycles. The summed E-state index contributed by atoms with van der Waals surface area (Å²) in [4.78, 5) is 14.4. The Morgan fingerprint density at radius 2 is 1.89 bits per heavy atom. The van der Waals surface area contributed by atoms with Crippen molar-refractivity contribution in [3.8, 4) is 0 Å². The molecule has 0 radical (unpaired) electrons. The lowest BCUT2D eigenvalue weighted by Crippen LogP contribution is -2.41. The molecule has 0 heterocycles. The van der Waals surface area contributed by atoms with Crippen molar-refractivity contribution in [2.75, 3.05) is 0 Å². The molecule has 1 saturated carbocycles. The molecule has 1 aromatic carbocycles. The molecule has 0 spiro atoms. The normalized spacial score (nSPS) is 15.4. The van der Waals surface area contributed by atoms with Gasteiger partial charge in [-0.05, 0) is 39.2 Å². The number of nitrogens with two attached hydrogens (primary N) is 1. The predicted molar refractivity (Wildman–Crippen MR) is 77.6 cm³/mol. The van der Waals surface area contributed by atoms with E-state index in [1.54, 1.807) is 0 Å². The van der Waals surface area contributed by atoms with Gasteiger partial charge in [0.15, 0.2) is 0 Å². The second-order valence-electron chi connectivity index (χ2n) is 6.40. The first kappa shape index (κ1) is 14.1. The molecule has 3 nitrogen and oxygen atoms in total. The third kappa shape index (κ3) is 4.35. The fourth-order valence-electron chi connectivity index (χ4n) is 2.19. The van der Waals surface area contributed by atoms with Crippen LogP contribution in [-0.2, 0) is 11.3 Å². The van der Waals surface area contributed by atoms with Crippen molar-refractivity contribution in [2.24, 2.45) is 5.73 Å². The maximum absolute atomic E-state index is 12.4. The Balaban J connectivity index is 2.04. The predicted octanol–water partition coefficient (Wildman–Crippen LogP) is 2.61. The van der Waals surface area contributed by atoms with E-state index in [1.165, 1.54) is 11.1 Å². The zero-order valence-corrected chi connectivity index (χ0v) is 12.1. The van der Waals surface area contributed by atoms with E-state index in [4.69, 9.17) is 5.73 Å². The summed E-state index contributed by atoms with van der Waals surface area (Å²) < 4.78 is 0. The highest BCUT2D eigenvalue weighted by atomic mass is 16.2. The van der Waals surface area contributed by atoms with Crippen LogP contribution in [0.4, 0.5) is 0 Å². The molecule has 104 valence electrons. The molecule has 0 saturated heterocycles. The Morgan fingerprint density at radius 3 is 2.37 bits per heavy atom. The molecule has 0 bridgehead atoms. The molecular formula is C16H24N2O. The Labute approximate surface area is 115 Å². The summed E-state index contributed by atoms with van der Waals surface area (Å²) in [7, 11) is 0. The van der Waals surface area contributed by atoms with Crippen LogP contribution in [-0.4, -0.2) is 22.4 Å². The maximum atomic E-state index is 12.4. The van der Waals surface area contributed by atoms with Crippen molar-refractivity contribution in [1.29, 1.82) is 0 Å². The van der Waals surface area contributed by atoms with Gasteiger partial charge in [0.05, 0.1) is 0 Å². The summed E-state index contributed by atoms with van der Waals surface area (Å²) in [6.45, 7) is 6.59. The van der Waals surface area contributed by atoms with E-state index < -0.39 is 5.54 Å². The first-order valence-electron chi connectivity index (χ1n) is 6.99. The van der Waals surface area contributed by atoms with Gasteiger partial charge in [0.1, 0.15) is 0 Å². The Bertz CT molecular complexity index is 441.